The molecule has 0 spiro atoms. The van der Waals surface area contributed by atoms with Gasteiger partial charge in [0, 0.05) is 18.5 Å². The Hall–Kier alpha value is -2.40. The fourth-order valence-corrected chi connectivity index (χ4v) is 4.15. The molecule has 0 fully saturated rings. The van der Waals surface area contributed by atoms with Gasteiger partial charge in [-0.25, -0.2) is 12.7 Å². The highest BCUT2D eigenvalue weighted by Gasteiger charge is 2.32. The molecule has 1 aliphatic rings. The zero-order valence-corrected chi connectivity index (χ0v) is 14.3. The molecule has 124 valence electrons. The van der Waals surface area contributed by atoms with Gasteiger partial charge in [-0.15, -0.1) is 0 Å². The molecule has 3 rings (SSSR count). The van der Waals surface area contributed by atoms with E-state index in [1.165, 1.54) is 0 Å². The fourth-order valence-electron chi connectivity index (χ4n) is 2.74. The second kappa shape index (κ2) is 6.61. The number of carbonyl (C=O) groups excluding carboxylic acids is 1. The van der Waals surface area contributed by atoms with Crippen LogP contribution in [0.4, 0.5) is 0 Å². The van der Waals surface area contributed by atoms with Crippen LogP contribution in [0.5, 0.6) is 0 Å². The van der Waals surface area contributed by atoms with Crippen molar-refractivity contribution in [3.63, 3.8) is 0 Å². The largest absolute Gasteiger partial charge is 0.268 e. The van der Waals surface area contributed by atoms with Crippen LogP contribution in [0.25, 0.3) is 0 Å². The van der Waals surface area contributed by atoms with Crippen LogP contribution in [-0.4, -0.2) is 25.2 Å². The number of hydrogen-bond donors (Lipinski definition) is 0. The van der Waals surface area contributed by atoms with Gasteiger partial charge in [0.2, 0.25) is 0 Å². The molecule has 0 saturated heterocycles. The summed E-state index contributed by atoms with van der Waals surface area (Å²) in [5, 5.41) is 0. The Balaban J connectivity index is 1.86. The Morgan fingerprint density at radius 1 is 1.00 bits per heavy atom. The Labute approximate surface area is 142 Å². The predicted molar refractivity (Wildman–Crippen MR) is 92.9 cm³/mol. The lowest BCUT2D eigenvalue weighted by Gasteiger charge is -2.26. The Morgan fingerprint density at radius 2 is 1.67 bits per heavy atom. The molecule has 2 aromatic carbocycles. The first-order valence-electron chi connectivity index (χ1n) is 7.85. The molecule has 0 bridgehead atoms. The molecular formula is C19H19NO3S. The molecule has 24 heavy (non-hydrogen) atoms. The van der Waals surface area contributed by atoms with E-state index in [9.17, 15) is 13.2 Å². The average Bonchev–Trinajstić information content (AvgIpc) is 2.58. The quantitative estimate of drug-likeness (QED) is 0.859. The third kappa shape index (κ3) is 3.26. The van der Waals surface area contributed by atoms with E-state index in [-0.39, 0.29) is 11.4 Å². The van der Waals surface area contributed by atoms with E-state index in [2.05, 4.69) is 0 Å². The molecule has 1 heterocycles. The Bertz CT molecular complexity index is 869. The average molecular weight is 341 g/mol. The summed E-state index contributed by atoms with van der Waals surface area (Å²) in [5.41, 5.74) is 2.50. The van der Waals surface area contributed by atoms with Crippen LogP contribution >= 0.6 is 0 Å². The molecular weight excluding hydrogens is 322 g/mol. The highest BCUT2D eigenvalue weighted by Crippen LogP contribution is 2.24. The Kier molecular flexibility index (Phi) is 4.53. The maximum absolute atomic E-state index is 12.8. The van der Waals surface area contributed by atoms with Gasteiger partial charge >= 0.3 is 0 Å². The molecule has 5 heteroatoms. The van der Waals surface area contributed by atoms with Crippen molar-refractivity contribution < 1.29 is 13.2 Å². The minimum Gasteiger partial charge on any atom is -0.268 e. The van der Waals surface area contributed by atoms with Gasteiger partial charge < -0.3 is 0 Å². The lowest BCUT2D eigenvalue weighted by molar-refractivity contribution is -0.123. The summed E-state index contributed by atoms with van der Waals surface area (Å²) in [7, 11) is -3.81. The van der Waals surface area contributed by atoms with Crippen LogP contribution in [0.1, 0.15) is 17.5 Å². The summed E-state index contributed by atoms with van der Waals surface area (Å²) in [4.78, 5) is 12.9. The number of sulfonamides is 1. The normalized spacial score (nSPS) is 15.3. The number of amides is 1. The van der Waals surface area contributed by atoms with Gasteiger partial charge in [0.05, 0.1) is 4.90 Å². The van der Waals surface area contributed by atoms with Gasteiger partial charge in [0.15, 0.2) is 0 Å². The molecule has 2 aromatic rings. The van der Waals surface area contributed by atoms with Crippen LogP contribution in [0.15, 0.2) is 71.1 Å². The lowest BCUT2D eigenvalue weighted by atomic mass is 10.0. The van der Waals surface area contributed by atoms with Crippen molar-refractivity contribution in [3.05, 3.63) is 77.4 Å². The highest BCUT2D eigenvalue weighted by atomic mass is 32.2. The second-order valence-corrected chi connectivity index (χ2v) is 7.74. The summed E-state index contributed by atoms with van der Waals surface area (Å²) < 4.78 is 26.6. The molecule has 0 N–H and O–H groups in total. The highest BCUT2D eigenvalue weighted by molar-refractivity contribution is 7.89. The van der Waals surface area contributed by atoms with E-state index in [4.69, 9.17) is 0 Å². The van der Waals surface area contributed by atoms with E-state index in [0.29, 0.717) is 18.4 Å². The molecule has 0 unspecified atom stereocenters. The molecule has 0 saturated carbocycles. The van der Waals surface area contributed by atoms with Crippen LogP contribution in [-0.2, 0) is 21.2 Å². The van der Waals surface area contributed by atoms with Crippen molar-refractivity contribution >= 4 is 15.9 Å². The molecule has 0 aliphatic carbocycles. The van der Waals surface area contributed by atoms with Crippen molar-refractivity contribution in [2.24, 2.45) is 0 Å². The first-order valence-corrected chi connectivity index (χ1v) is 9.29. The van der Waals surface area contributed by atoms with E-state index in [0.717, 1.165) is 15.4 Å². The second-order valence-electron chi connectivity index (χ2n) is 5.88. The summed E-state index contributed by atoms with van der Waals surface area (Å²) >= 11 is 0. The van der Waals surface area contributed by atoms with Crippen LogP contribution < -0.4 is 0 Å². The molecule has 0 aromatic heterocycles. The van der Waals surface area contributed by atoms with Crippen LogP contribution in [0.3, 0.4) is 0 Å². The van der Waals surface area contributed by atoms with Crippen molar-refractivity contribution in [1.82, 2.24) is 4.31 Å². The minimum atomic E-state index is -3.81. The van der Waals surface area contributed by atoms with Crippen molar-refractivity contribution in [1.29, 1.82) is 0 Å². The maximum atomic E-state index is 12.8. The van der Waals surface area contributed by atoms with Crippen molar-refractivity contribution in [3.8, 4) is 0 Å². The number of rotatable bonds is 4. The van der Waals surface area contributed by atoms with E-state index in [1.807, 2.05) is 43.3 Å². The summed E-state index contributed by atoms with van der Waals surface area (Å²) in [5.74, 6) is -0.425. The predicted octanol–water partition coefficient (Wildman–Crippen LogP) is 3.09. The number of nitrogens with zero attached hydrogens (tertiary/aromatic N) is 1. The maximum Gasteiger partial charge on any atom is 0.266 e. The van der Waals surface area contributed by atoms with Gasteiger partial charge in [-0.1, -0.05) is 54.1 Å². The SMILES string of the molecule is Cc1ccc(S(=O)(=O)N2CCC=C(Cc3ccccc3)C2=O)cc1. The van der Waals surface area contributed by atoms with Gasteiger partial charge in [-0.05, 0) is 31.0 Å². The van der Waals surface area contributed by atoms with Gasteiger partial charge in [-0.3, -0.25) is 4.79 Å². The standard InChI is InChI=1S/C19H19NO3S/c1-15-9-11-18(12-10-15)24(22,23)20-13-5-8-17(19(20)21)14-16-6-3-2-4-7-16/h2-4,6-12H,5,13-14H2,1H3. The first kappa shape index (κ1) is 16.5. The third-order valence-electron chi connectivity index (χ3n) is 4.07. The molecule has 1 aliphatic heterocycles. The number of benzene rings is 2. The molecule has 4 nitrogen and oxygen atoms in total. The topological polar surface area (TPSA) is 54.5 Å². The van der Waals surface area contributed by atoms with Crippen molar-refractivity contribution in [2.75, 3.05) is 6.54 Å². The summed E-state index contributed by atoms with van der Waals surface area (Å²) in [6.45, 7) is 2.08. The zero-order valence-electron chi connectivity index (χ0n) is 13.5. The minimum absolute atomic E-state index is 0.155. The summed E-state index contributed by atoms with van der Waals surface area (Å²) in [6.07, 6.45) is 2.83. The third-order valence-corrected chi connectivity index (χ3v) is 5.87. The van der Waals surface area contributed by atoms with Crippen LogP contribution in [0.2, 0.25) is 0 Å². The van der Waals surface area contributed by atoms with Gasteiger partial charge in [0.25, 0.3) is 15.9 Å². The number of hydrogen-bond acceptors (Lipinski definition) is 3. The zero-order chi connectivity index (χ0) is 17.2. The lowest BCUT2D eigenvalue weighted by Crippen LogP contribution is -2.41. The Morgan fingerprint density at radius 3 is 2.33 bits per heavy atom. The monoisotopic (exact) mass is 341 g/mol. The summed E-state index contributed by atoms with van der Waals surface area (Å²) in [6, 6.07) is 16.2. The number of aryl methyl sites for hydroxylation is 1. The van der Waals surface area contributed by atoms with Gasteiger partial charge in [0.1, 0.15) is 0 Å². The van der Waals surface area contributed by atoms with E-state index < -0.39 is 15.9 Å². The van der Waals surface area contributed by atoms with E-state index >= 15 is 0 Å². The smallest absolute Gasteiger partial charge is 0.266 e. The molecule has 1 amide bonds. The van der Waals surface area contributed by atoms with Gasteiger partial charge in [-0.2, -0.15) is 0 Å². The van der Waals surface area contributed by atoms with Crippen LogP contribution in [0, 0.1) is 6.92 Å². The fraction of sp³-hybridized carbons (Fsp3) is 0.211. The number of carbonyl (C=O) groups is 1. The first-order chi connectivity index (χ1) is 11.5. The van der Waals surface area contributed by atoms with E-state index in [1.54, 1.807) is 24.3 Å². The molecule has 0 radical (unpaired) electrons. The van der Waals surface area contributed by atoms with Crippen molar-refractivity contribution in [2.45, 2.75) is 24.7 Å². The molecule has 0 atom stereocenters.